The monoisotopic (exact) mass is 394 g/mol. The Kier molecular flexibility index (Phi) is 7.00. The fourth-order valence-corrected chi connectivity index (χ4v) is 3.38. The maximum absolute atomic E-state index is 13.0. The van der Waals surface area contributed by atoms with Crippen molar-refractivity contribution in [2.24, 2.45) is 0 Å². The van der Waals surface area contributed by atoms with E-state index in [-0.39, 0.29) is 18.4 Å². The summed E-state index contributed by atoms with van der Waals surface area (Å²) in [6.45, 7) is 2.93. The average molecular weight is 394 g/mol. The van der Waals surface area contributed by atoms with Gasteiger partial charge in [-0.05, 0) is 38.3 Å². The first-order valence-electron chi connectivity index (χ1n) is 9.92. The van der Waals surface area contributed by atoms with Crippen molar-refractivity contribution in [1.29, 1.82) is 0 Å². The molecule has 1 fully saturated rings. The van der Waals surface area contributed by atoms with Gasteiger partial charge in [0.25, 0.3) is 11.8 Å². The van der Waals surface area contributed by atoms with Gasteiger partial charge in [0, 0.05) is 24.2 Å². The van der Waals surface area contributed by atoms with Gasteiger partial charge >= 0.3 is 5.97 Å². The van der Waals surface area contributed by atoms with Gasteiger partial charge in [0.1, 0.15) is 6.54 Å². The van der Waals surface area contributed by atoms with Crippen LogP contribution < -0.4 is 5.32 Å². The molecule has 1 saturated heterocycles. The molecule has 1 heterocycles. The summed E-state index contributed by atoms with van der Waals surface area (Å²) in [6.07, 6.45) is 2.00. The van der Waals surface area contributed by atoms with Crippen molar-refractivity contribution < 1.29 is 19.1 Å². The number of esters is 1. The molecule has 1 aliphatic rings. The quantitative estimate of drug-likeness (QED) is 0.764. The van der Waals surface area contributed by atoms with E-state index in [1.165, 1.54) is 0 Å². The molecule has 0 bridgehead atoms. The second-order valence-corrected chi connectivity index (χ2v) is 7.22. The van der Waals surface area contributed by atoms with Crippen LogP contribution in [0.5, 0.6) is 0 Å². The Hall–Kier alpha value is -3.15. The maximum atomic E-state index is 13.0. The second kappa shape index (κ2) is 9.87. The number of carbonyl (C=O) groups is 3. The lowest BCUT2D eigenvalue weighted by molar-refractivity contribution is -0.160. The van der Waals surface area contributed by atoms with Crippen molar-refractivity contribution in [3.05, 3.63) is 71.3 Å². The highest BCUT2D eigenvalue weighted by Gasteiger charge is 2.30. The second-order valence-electron chi connectivity index (χ2n) is 7.22. The number of piperidine rings is 1. The number of nitrogens with zero attached hydrogens (tertiary/aromatic N) is 1. The lowest BCUT2D eigenvalue weighted by Crippen LogP contribution is -2.41. The van der Waals surface area contributed by atoms with E-state index in [1.807, 2.05) is 19.1 Å². The Morgan fingerprint density at radius 2 is 1.72 bits per heavy atom. The molecule has 0 spiro atoms. The molecule has 2 amide bonds. The van der Waals surface area contributed by atoms with Crippen LogP contribution in [0.4, 0.5) is 0 Å². The van der Waals surface area contributed by atoms with E-state index in [0.717, 1.165) is 24.8 Å². The van der Waals surface area contributed by atoms with Crippen LogP contribution in [0.1, 0.15) is 46.9 Å². The maximum Gasteiger partial charge on any atom is 0.326 e. The van der Waals surface area contributed by atoms with Crippen molar-refractivity contribution in [3.63, 3.8) is 0 Å². The summed E-state index contributed by atoms with van der Waals surface area (Å²) in [5.41, 5.74) is 2.06. The number of nitrogens with one attached hydrogen (secondary N) is 1. The van der Waals surface area contributed by atoms with E-state index < -0.39 is 12.1 Å². The molecular weight excluding hydrogens is 368 g/mol. The van der Waals surface area contributed by atoms with E-state index in [1.54, 1.807) is 47.4 Å². The summed E-state index contributed by atoms with van der Waals surface area (Å²) in [4.78, 5) is 39.4. The fourth-order valence-electron chi connectivity index (χ4n) is 3.38. The normalized spacial score (nSPS) is 14.7. The summed E-state index contributed by atoms with van der Waals surface area (Å²) >= 11 is 0. The van der Waals surface area contributed by atoms with E-state index in [2.05, 4.69) is 5.32 Å². The lowest BCUT2D eigenvalue weighted by Gasteiger charge is -2.30. The first-order chi connectivity index (χ1) is 14.0. The minimum atomic E-state index is -1.00. The van der Waals surface area contributed by atoms with Crippen molar-refractivity contribution >= 4 is 17.8 Å². The Bertz CT molecular complexity index is 860. The van der Waals surface area contributed by atoms with E-state index in [4.69, 9.17) is 4.74 Å². The van der Waals surface area contributed by atoms with Gasteiger partial charge in [0.2, 0.25) is 6.10 Å². The predicted octanol–water partition coefficient (Wildman–Crippen LogP) is 3.02. The molecule has 2 aromatic carbocycles. The van der Waals surface area contributed by atoms with Crippen LogP contribution >= 0.6 is 0 Å². The SMILES string of the molecule is Cc1cccc(C(=O)NCC(=O)O[C@@H](C(=O)N2CCCCC2)c2ccccc2)c1. The fraction of sp³-hybridized carbons (Fsp3) is 0.348. The highest BCUT2D eigenvalue weighted by atomic mass is 16.5. The lowest BCUT2D eigenvalue weighted by atomic mass is 10.1. The Morgan fingerprint density at radius 3 is 2.41 bits per heavy atom. The van der Waals surface area contributed by atoms with Gasteiger partial charge in [-0.2, -0.15) is 0 Å². The molecule has 0 saturated carbocycles. The first-order valence-corrected chi connectivity index (χ1v) is 9.92. The number of amides is 2. The Labute approximate surface area is 170 Å². The molecule has 0 aromatic heterocycles. The average Bonchev–Trinajstić information content (AvgIpc) is 2.76. The van der Waals surface area contributed by atoms with Crippen molar-refractivity contribution in [2.75, 3.05) is 19.6 Å². The molecular formula is C23H26N2O4. The largest absolute Gasteiger partial charge is 0.446 e. The number of likely N-dealkylation sites (tertiary alicyclic amines) is 1. The molecule has 0 radical (unpaired) electrons. The minimum absolute atomic E-state index is 0.214. The molecule has 1 N–H and O–H groups in total. The van der Waals surface area contributed by atoms with Crippen molar-refractivity contribution in [2.45, 2.75) is 32.3 Å². The number of benzene rings is 2. The van der Waals surface area contributed by atoms with Crippen LogP contribution in [0, 0.1) is 6.92 Å². The van der Waals surface area contributed by atoms with Crippen LogP contribution in [0.15, 0.2) is 54.6 Å². The summed E-state index contributed by atoms with van der Waals surface area (Å²) in [7, 11) is 0. The van der Waals surface area contributed by atoms with Gasteiger partial charge in [-0.3, -0.25) is 14.4 Å². The topological polar surface area (TPSA) is 75.7 Å². The smallest absolute Gasteiger partial charge is 0.326 e. The predicted molar refractivity (Wildman–Crippen MR) is 109 cm³/mol. The van der Waals surface area contributed by atoms with Crippen LogP contribution in [-0.4, -0.2) is 42.3 Å². The zero-order valence-corrected chi connectivity index (χ0v) is 16.6. The third-order valence-corrected chi connectivity index (χ3v) is 4.92. The number of ether oxygens (including phenoxy) is 1. The number of hydrogen-bond acceptors (Lipinski definition) is 4. The van der Waals surface area contributed by atoms with Gasteiger partial charge < -0.3 is 15.0 Å². The molecule has 1 aliphatic heterocycles. The molecule has 0 aliphatic carbocycles. The summed E-state index contributed by atoms with van der Waals surface area (Å²) in [6, 6.07) is 16.1. The van der Waals surface area contributed by atoms with Gasteiger partial charge in [-0.15, -0.1) is 0 Å². The van der Waals surface area contributed by atoms with Gasteiger partial charge in [0.15, 0.2) is 0 Å². The minimum Gasteiger partial charge on any atom is -0.446 e. The summed E-state index contributed by atoms with van der Waals surface area (Å²) in [5.74, 6) is -1.22. The molecule has 152 valence electrons. The standard InChI is InChI=1S/C23H26N2O4/c1-17-9-8-12-19(15-17)22(27)24-16-20(26)29-21(18-10-4-2-5-11-18)23(28)25-13-6-3-7-14-25/h2,4-5,8-12,15,21H,3,6-7,13-14,16H2,1H3,(H,24,27)/t21-/m1/s1. The molecule has 6 heteroatoms. The molecule has 1 atom stereocenters. The zero-order chi connectivity index (χ0) is 20.6. The number of aryl methyl sites for hydroxylation is 1. The van der Waals surface area contributed by atoms with E-state index in [0.29, 0.717) is 24.2 Å². The zero-order valence-electron chi connectivity index (χ0n) is 16.6. The number of rotatable bonds is 6. The van der Waals surface area contributed by atoms with Crippen molar-refractivity contribution in [3.8, 4) is 0 Å². The van der Waals surface area contributed by atoms with Gasteiger partial charge in [-0.1, -0.05) is 48.0 Å². The Morgan fingerprint density at radius 1 is 1.00 bits per heavy atom. The molecule has 6 nitrogen and oxygen atoms in total. The van der Waals surface area contributed by atoms with Crippen molar-refractivity contribution in [1.82, 2.24) is 10.2 Å². The van der Waals surface area contributed by atoms with E-state index in [9.17, 15) is 14.4 Å². The first kappa shape index (κ1) is 20.6. The van der Waals surface area contributed by atoms with Gasteiger partial charge in [-0.25, -0.2) is 0 Å². The highest BCUT2D eigenvalue weighted by Crippen LogP contribution is 2.22. The summed E-state index contributed by atoms with van der Waals surface area (Å²) in [5, 5.41) is 2.56. The Balaban J connectivity index is 1.64. The van der Waals surface area contributed by atoms with Crippen LogP contribution in [-0.2, 0) is 14.3 Å². The number of hydrogen-bond donors (Lipinski definition) is 1. The summed E-state index contributed by atoms with van der Waals surface area (Å²) < 4.78 is 5.52. The van der Waals surface area contributed by atoms with Crippen LogP contribution in [0.25, 0.3) is 0 Å². The van der Waals surface area contributed by atoms with Crippen LogP contribution in [0.3, 0.4) is 0 Å². The molecule has 3 rings (SSSR count). The van der Waals surface area contributed by atoms with Gasteiger partial charge in [0.05, 0.1) is 0 Å². The molecule has 2 aromatic rings. The number of carbonyl (C=O) groups excluding carboxylic acids is 3. The highest BCUT2D eigenvalue weighted by molar-refractivity contribution is 5.96. The molecule has 0 unspecified atom stereocenters. The van der Waals surface area contributed by atoms with Crippen LogP contribution in [0.2, 0.25) is 0 Å². The molecule has 29 heavy (non-hydrogen) atoms. The third-order valence-electron chi connectivity index (χ3n) is 4.92. The third kappa shape index (κ3) is 5.67. The van der Waals surface area contributed by atoms with E-state index >= 15 is 0 Å².